The Bertz CT molecular complexity index is 762. The van der Waals surface area contributed by atoms with Gasteiger partial charge < -0.3 is 14.8 Å². The average Bonchev–Trinajstić information content (AvgIpc) is 2.61. The van der Waals surface area contributed by atoms with Gasteiger partial charge in [-0.3, -0.25) is 10.1 Å². The van der Waals surface area contributed by atoms with E-state index in [1.165, 1.54) is 0 Å². The zero-order valence-electron chi connectivity index (χ0n) is 15.2. The van der Waals surface area contributed by atoms with E-state index in [-0.39, 0.29) is 11.0 Å². The fraction of sp³-hybridized carbons (Fsp3) is 0.300. The maximum absolute atomic E-state index is 12.4. The molecule has 0 atom stereocenters. The highest BCUT2D eigenvalue weighted by atomic mass is 32.1. The molecule has 0 bridgehead atoms. The number of hydrogen-bond donors (Lipinski definition) is 2. The van der Waals surface area contributed by atoms with Crippen molar-refractivity contribution in [1.29, 1.82) is 0 Å². The summed E-state index contributed by atoms with van der Waals surface area (Å²) in [5.74, 6) is 1.65. The van der Waals surface area contributed by atoms with Crippen LogP contribution in [-0.4, -0.2) is 24.7 Å². The van der Waals surface area contributed by atoms with Crippen molar-refractivity contribution < 1.29 is 14.3 Å². The fourth-order valence-corrected chi connectivity index (χ4v) is 2.39. The van der Waals surface area contributed by atoms with Gasteiger partial charge in [0, 0.05) is 17.3 Å². The van der Waals surface area contributed by atoms with Crippen molar-refractivity contribution in [2.24, 2.45) is 5.92 Å². The number of methoxy groups -OCH3 is 1. The number of benzene rings is 2. The van der Waals surface area contributed by atoms with Crippen molar-refractivity contribution in [3.63, 3.8) is 0 Å². The third-order valence-electron chi connectivity index (χ3n) is 3.61. The van der Waals surface area contributed by atoms with Crippen LogP contribution in [-0.2, 0) is 0 Å². The lowest BCUT2D eigenvalue weighted by atomic mass is 10.1. The SMILES string of the molecule is COc1cccc(NC(=S)NC(=O)c2cccc(OCCC(C)C)c2)c1. The van der Waals surface area contributed by atoms with Crippen molar-refractivity contribution in [3.8, 4) is 11.5 Å². The summed E-state index contributed by atoms with van der Waals surface area (Å²) < 4.78 is 10.9. The molecule has 0 aliphatic heterocycles. The molecule has 0 spiro atoms. The molecule has 0 radical (unpaired) electrons. The number of hydrogen-bond acceptors (Lipinski definition) is 4. The highest BCUT2D eigenvalue weighted by molar-refractivity contribution is 7.80. The molecular weight excluding hydrogens is 348 g/mol. The third kappa shape index (κ3) is 6.37. The van der Waals surface area contributed by atoms with E-state index >= 15 is 0 Å². The minimum Gasteiger partial charge on any atom is -0.497 e. The molecule has 2 rings (SSSR count). The van der Waals surface area contributed by atoms with E-state index < -0.39 is 0 Å². The van der Waals surface area contributed by atoms with Crippen LogP contribution in [0.2, 0.25) is 0 Å². The molecule has 26 heavy (non-hydrogen) atoms. The zero-order valence-corrected chi connectivity index (χ0v) is 16.1. The van der Waals surface area contributed by atoms with Crippen molar-refractivity contribution in [2.75, 3.05) is 19.0 Å². The molecule has 1 amide bonds. The summed E-state index contributed by atoms with van der Waals surface area (Å²) in [4.78, 5) is 12.4. The standard InChI is InChI=1S/C20H24N2O3S/c1-14(2)10-11-25-18-9-4-6-15(12-18)19(23)22-20(26)21-16-7-5-8-17(13-16)24-3/h4-9,12-14H,10-11H2,1-3H3,(H2,21,22,23,26). The number of thiocarbonyl (C=S) groups is 1. The molecule has 0 aliphatic carbocycles. The average molecular weight is 372 g/mol. The van der Waals surface area contributed by atoms with E-state index in [0.29, 0.717) is 29.6 Å². The van der Waals surface area contributed by atoms with Gasteiger partial charge in [0.05, 0.1) is 13.7 Å². The predicted octanol–water partition coefficient (Wildman–Crippen LogP) is 4.25. The predicted molar refractivity (Wildman–Crippen MR) is 108 cm³/mol. The highest BCUT2D eigenvalue weighted by Gasteiger charge is 2.09. The van der Waals surface area contributed by atoms with Crippen LogP contribution in [0.15, 0.2) is 48.5 Å². The molecule has 138 valence electrons. The number of nitrogens with one attached hydrogen (secondary N) is 2. The van der Waals surface area contributed by atoms with Gasteiger partial charge in [-0.2, -0.15) is 0 Å². The van der Waals surface area contributed by atoms with E-state index in [1.807, 2.05) is 24.3 Å². The number of carbonyl (C=O) groups excluding carboxylic acids is 1. The molecule has 0 saturated heterocycles. The Labute approximate surface area is 159 Å². The molecule has 2 N–H and O–H groups in total. The van der Waals surface area contributed by atoms with Gasteiger partial charge >= 0.3 is 0 Å². The first-order valence-electron chi connectivity index (χ1n) is 8.47. The van der Waals surface area contributed by atoms with Gasteiger partial charge in [0.1, 0.15) is 11.5 Å². The van der Waals surface area contributed by atoms with Gasteiger partial charge in [-0.05, 0) is 54.9 Å². The molecule has 0 aromatic heterocycles. The van der Waals surface area contributed by atoms with Crippen LogP contribution >= 0.6 is 12.2 Å². The van der Waals surface area contributed by atoms with Gasteiger partial charge in [0.25, 0.3) is 5.91 Å². The van der Waals surface area contributed by atoms with Crippen molar-refractivity contribution >= 4 is 28.9 Å². The normalized spacial score (nSPS) is 10.3. The van der Waals surface area contributed by atoms with Crippen LogP contribution in [0.3, 0.4) is 0 Å². The molecular formula is C20H24N2O3S. The van der Waals surface area contributed by atoms with Gasteiger partial charge in [-0.1, -0.05) is 26.0 Å². The lowest BCUT2D eigenvalue weighted by Gasteiger charge is -2.12. The summed E-state index contributed by atoms with van der Waals surface area (Å²) in [5, 5.41) is 5.85. The minimum atomic E-state index is -0.292. The second-order valence-electron chi connectivity index (χ2n) is 6.20. The maximum atomic E-state index is 12.4. The number of ether oxygens (including phenoxy) is 2. The Balaban J connectivity index is 1.92. The van der Waals surface area contributed by atoms with Crippen LogP contribution < -0.4 is 20.1 Å². The third-order valence-corrected chi connectivity index (χ3v) is 3.82. The summed E-state index contributed by atoms with van der Waals surface area (Å²) in [6, 6.07) is 14.4. The summed E-state index contributed by atoms with van der Waals surface area (Å²) >= 11 is 5.21. The summed E-state index contributed by atoms with van der Waals surface area (Å²) in [6.07, 6.45) is 0.963. The summed E-state index contributed by atoms with van der Waals surface area (Å²) in [5.41, 5.74) is 1.22. The second kappa shape index (κ2) is 9.77. The van der Waals surface area contributed by atoms with Crippen LogP contribution in [0.4, 0.5) is 5.69 Å². The molecule has 0 heterocycles. The first-order valence-corrected chi connectivity index (χ1v) is 8.88. The Morgan fingerprint density at radius 3 is 2.58 bits per heavy atom. The molecule has 0 aliphatic rings. The number of amides is 1. The fourth-order valence-electron chi connectivity index (χ4n) is 2.18. The van der Waals surface area contributed by atoms with E-state index in [2.05, 4.69) is 24.5 Å². The molecule has 5 nitrogen and oxygen atoms in total. The lowest BCUT2D eigenvalue weighted by molar-refractivity contribution is 0.0977. The molecule has 0 unspecified atom stereocenters. The van der Waals surface area contributed by atoms with Gasteiger partial charge in [0.15, 0.2) is 5.11 Å². The van der Waals surface area contributed by atoms with E-state index in [4.69, 9.17) is 21.7 Å². The smallest absolute Gasteiger partial charge is 0.257 e. The number of anilines is 1. The first kappa shape index (κ1) is 19.7. The largest absolute Gasteiger partial charge is 0.497 e. The van der Waals surface area contributed by atoms with Crippen LogP contribution in [0.25, 0.3) is 0 Å². The quantitative estimate of drug-likeness (QED) is 0.712. The van der Waals surface area contributed by atoms with Crippen LogP contribution in [0, 0.1) is 5.92 Å². The lowest BCUT2D eigenvalue weighted by Crippen LogP contribution is -2.34. The number of carbonyl (C=O) groups is 1. The monoisotopic (exact) mass is 372 g/mol. The zero-order chi connectivity index (χ0) is 18.9. The van der Waals surface area contributed by atoms with Crippen molar-refractivity contribution in [2.45, 2.75) is 20.3 Å². The minimum absolute atomic E-state index is 0.217. The van der Waals surface area contributed by atoms with E-state index in [0.717, 1.165) is 12.1 Å². The number of rotatable bonds is 7. The molecule has 0 fully saturated rings. The molecule has 0 saturated carbocycles. The Kier molecular flexibility index (Phi) is 7.41. The Hall–Kier alpha value is -2.60. The second-order valence-corrected chi connectivity index (χ2v) is 6.61. The maximum Gasteiger partial charge on any atom is 0.257 e. The van der Waals surface area contributed by atoms with Crippen molar-refractivity contribution in [1.82, 2.24) is 5.32 Å². The summed E-state index contributed by atoms with van der Waals surface area (Å²) in [7, 11) is 1.59. The van der Waals surface area contributed by atoms with Gasteiger partial charge in [-0.25, -0.2) is 0 Å². The highest BCUT2D eigenvalue weighted by Crippen LogP contribution is 2.17. The van der Waals surface area contributed by atoms with E-state index in [1.54, 1.807) is 31.4 Å². The van der Waals surface area contributed by atoms with Gasteiger partial charge in [0.2, 0.25) is 0 Å². The van der Waals surface area contributed by atoms with Crippen molar-refractivity contribution in [3.05, 3.63) is 54.1 Å². The Morgan fingerprint density at radius 1 is 1.12 bits per heavy atom. The molecule has 2 aromatic carbocycles. The Morgan fingerprint density at radius 2 is 1.85 bits per heavy atom. The topological polar surface area (TPSA) is 59.6 Å². The summed E-state index contributed by atoms with van der Waals surface area (Å²) in [6.45, 7) is 4.91. The van der Waals surface area contributed by atoms with Gasteiger partial charge in [-0.15, -0.1) is 0 Å². The van der Waals surface area contributed by atoms with Crippen LogP contribution in [0.1, 0.15) is 30.6 Å². The van der Waals surface area contributed by atoms with E-state index in [9.17, 15) is 4.79 Å². The molecule has 6 heteroatoms. The van der Waals surface area contributed by atoms with Crippen LogP contribution in [0.5, 0.6) is 11.5 Å². The molecule has 2 aromatic rings. The first-order chi connectivity index (χ1) is 12.5.